The summed E-state index contributed by atoms with van der Waals surface area (Å²) in [5.74, 6) is 0.483. The van der Waals surface area contributed by atoms with Crippen LogP contribution in [-0.2, 0) is 16.0 Å². The maximum Gasteiger partial charge on any atom is 0.328 e. The van der Waals surface area contributed by atoms with Crippen molar-refractivity contribution in [2.75, 3.05) is 18.1 Å². The predicted octanol–water partition coefficient (Wildman–Crippen LogP) is 3.42. The molecule has 0 aromatic heterocycles. The second-order valence-corrected chi connectivity index (χ2v) is 5.65. The highest BCUT2D eigenvalue weighted by molar-refractivity contribution is 5.81. The topological polar surface area (TPSA) is 29.5 Å². The van der Waals surface area contributed by atoms with E-state index in [1.165, 1.54) is 11.3 Å². The summed E-state index contributed by atoms with van der Waals surface area (Å²) < 4.78 is 5.28. The largest absolute Gasteiger partial charge is 0.464 e. The molecule has 1 aromatic carbocycles. The van der Waals surface area contributed by atoms with E-state index in [2.05, 4.69) is 43.0 Å². The summed E-state index contributed by atoms with van der Waals surface area (Å²) in [5, 5.41) is 0. The molecule has 0 N–H and O–H groups in total. The Balaban J connectivity index is 2.30. The second kappa shape index (κ2) is 6.78. The summed E-state index contributed by atoms with van der Waals surface area (Å²) >= 11 is 0. The van der Waals surface area contributed by atoms with Gasteiger partial charge in [0, 0.05) is 12.2 Å². The van der Waals surface area contributed by atoms with Crippen LogP contribution >= 0.6 is 0 Å². The van der Waals surface area contributed by atoms with Crippen LogP contribution in [0.1, 0.15) is 39.2 Å². The lowest BCUT2D eigenvalue weighted by Gasteiger charge is -2.39. The maximum atomic E-state index is 12.3. The van der Waals surface area contributed by atoms with Crippen molar-refractivity contribution in [1.82, 2.24) is 0 Å². The Morgan fingerprint density at radius 1 is 1.40 bits per heavy atom. The van der Waals surface area contributed by atoms with Crippen LogP contribution in [0.4, 0.5) is 5.69 Å². The highest BCUT2D eigenvalue weighted by Gasteiger charge is 2.31. The molecule has 0 saturated heterocycles. The molecule has 0 bridgehead atoms. The Labute approximate surface area is 121 Å². The quantitative estimate of drug-likeness (QED) is 0.771. The van der Waals surface area contributed by atoms with Gasteiger partial charge in [-0.05, 0) is 37.3 Å². The van der Waals surface area contributed by atoms with Gasteiger partial charge in [-0.25, -0.2) is 4.79 Å². The Kier molecular flexibility index (Phi) is 5.05. The number of esters is 1. The first-order valence-electron chi connectivity index (χ1n) is 7.68. The van der Waals surface area contributed by atoms with Gasteiger partial charge in [-0.1, -0.05) is 38.5 Å². The molecule has 2 rings (SSSR count). The number of hydrogen-bond acceptors (Lipinski definition) is 3. The molecule has 1 aliphatic heterocycles. The number of benzene rings is 1. The third-order valence-electron chi connectivity index (χ3n) is 3.87. The molecule has 0 spiro atoms. The molecule has 2 atom stereocenters. The number of rotatable bonds is 5. The van der Waals surface area contributed by atoms with Crippen LogP contribution in [0.2, 0.25) is 0 Å². The van der Waals surface area contributed by atoms with Crippen molar-refractivity contribution in [3.63, 3.8) is 0 Å². The molecule has 0 fully saturated rings. The standard InChI is InChI=1S/C17H25NO2/c1-4-8-16(17(19)20-5-2)18-12-13(3)11-14-9-6-7-10-15(14)18/h6-7,9-10,13,16H,4-5,8,11-12H2,1-3H3. The molecule has 110 valence electrons. The number of ether oxygens (including phenoxy) is 1. The van der Waals surface area contributed by atoms with Crippen LogP contribution in [0.25, 0.3) is 0 Å². The molecule has 3 heteroatoms. The van der Waals surface area contributed by atoms with Gasteiger partial charge < -0.3 is 9.64 Å². The van der Waals surface area contributed by atoms with E-state index in [-0.39, 0.29) is 12.0 Å². The number of para-hydroxylation sites is 1. The zero-order valence-electron chi connectivity index (χ0n) is 12.8. The molecule has 2 unspecified atom stereocenters. The van der Waals surface area contributed by atoms with E-state index in [1.807, 2.05) is 6.92 Å². The molecule has 1 heterocycles. The number of anilines is 1. The van der Waals surface area contributed by atoms with E-state index in [1.54, 1.807) is 0 Å². The van der Waals surface area contributed by atoms with Gasteiger partial charge >= 0.3 is 5.97 Å². The lowest BCUT2D eigenvalue weighted by Crippen LogP contribution is -2.47. The molecule has 1 aliphatic rings. The highest BCUT2D eigenvalue weighted by Crippen LogP contribution is 2.32. The fourth-order valence-electron chi connectivity index (χ4n) is 3.05. The number of nitrogens with zero attached hydrogens (tertiary/aromatic N) is 1. The second-order valence-electron chi connectivity index (χ2n) is 5.65. The lowest BCUT2D eigenvalue weighted by molar-refractivity contribution is -0.145. The molecule has 0 saturated carbocycles. The Bertz CT molecular complexity index is 458. The van der Waals surface area contributed by atoms with Crippen LogP contribution in [0, 0.1) is 5.92 Å². The van der Waals surface area contributed by atoms with Gasteiger partial charge in [-0.3, -0.25) is 0 Å². The molecular weight excluding hydrogens is 250 g/mol. The highest BCUT2D eigenvalue weighted by atomic mass is 16.5. The molecule has 20 heavy (non-hydrogen) atoms. The average Bonchev–Trinajstić information content (AvgIpc) is 2.44. The minimum absolute atomic E-state index is 0.0850. The monoisotopic (exact) mass is 275 g/mol. The van der Waals surface area contributed by atoms with Crippen LogP contribution < -0.4 is 4.90 Å². The van der Waals surface area contributed by atoms with E-state index in [4.69, 9.17) is 4.74 Å². The molecule has 3 nitrogen and oxygen atoms in total. The minimum Gasteiger partial charge on any atom is -0.464 e. The van der Waals surface area contributed by atoms with Gasteiger partial charge in [0.15, 0.2) is 0 Å². The van der Waals surface area contributed by atoms with E-state index in [0.717, 1.165) is 25.8 Å². The van der Waals surface area contributed by atoms with Crippen molar-refractivity contribution in [2.24, 2.45) is 5.92 Å². The first-order valence-corrected chi connectivity index (χ1v) is 7.68. The first-order chi connectivity index (χ1) is 9.67. The van der Waals surface area contributed by atoms with Crippen molar-refractivity contribution in [1.29, 1.82) is 0 Å². The summed E-state index contributed by atoms with van der Waals surface area (Å²) in [4.78, 5) is 14.5. The minimum atomic E-state index is -0.149. The summed E-state index contributed by atoms with van der Waals surface area (Å²) in [6.45, 7) is 7.61. The van der Waals surface area contributed by atoms with Crippen molar-refractivity contribution in [3.05, 3.63) is 29.8 Å². The van der Waals surface area contributed by atoms with E-state index >= 15 is 0 Å². The van der Waals surface area contributed by atoms with Crippen LogP contribution in [0.15, 0.2) is 24.3 Å². The van der Waals surface area contributed by atoms with Gasteiger partial charge in [0.05, 0.1) is 6.61 Å². The van der Waals surface area contributed by atoms with Crippen LogP contribution in [0.3, 0.4) is 0 Å². The van der Waals surface area contributed by atoms with Gasteiger partial charge in [-0.15, -0.1) is 0 Å². The fourth-order valence-corrected chi connectivity index (χ4v) is 3.05. The van der Waals surface area contributed by atoms with Gasteiger partial charge in [0.1, 0.15) is 6.04 Å². The SMILES string of the molecule is CCCC(C(=O)OCC)N1CC(C)Cc2ccccc21. The smallest absolute Gasteiger partial charge is 0.328 e. The third kappa shape index (κ3) is 3.14. The van der Waals surface area contributed by atoms with Crippen LogP contribution in [-0.4, -0.2) is 25.2 Å². The number of carbonyl (C=O) groups excluding carboxylic acids is 1. The van der Waals surface area contributed by atoms with Gasteiger partial charge in [0.25, 0.3) is 0 Å². The van der Waals surface area contributed by atoms with Crippen molar-refractivity contribution >= 4 is 11.7 Å². The first kappa shape index (κ1) is 14.9. The van der Waals surface area contributed by atoms with Crippen molar-refractivity contribution in [2.45, 2.75) is 46.1 Å². The zero-order chi connectivity index (χ0) is 14.5. The molecule has 0 aliphatic carbocycles. The fraction of sp³-hybridized carbons (Fsp3) is 0.588. The maximum absolute atomic E-state index is 12.3. The molecule has 0 amide bonds. The Morgan fingerprint density at radius 2 is 2.15 bits per heavy atom. The Morgan fingerprint density at radius 3 is 2.85 bits per heavy atom. The third-order valence-corrected chi connectivity index (χ3v) is 3.87. The van der Waals surface area contributed by atoms with Gasteiger partial charge in [-0.2, -0.15) is 0 Å². The van der Waals surface area contributed by atoms with Crippen LogP contribution in [0.5, 0.6) is 0 Å². The van der Waals surface area contributed by atoms with E-state index in [0.29, 0.717) is 12.5 Å². The molecule has 1 aromatic rings. The van der Waals surface area contributed by atoms with Crippen molar-refractivity contribution < 1.29 is 9.53 Å². The zero-order valence-corrected chi connectivity index (χ0v) is 12.8. The number of hydrogen-bond donors (Lipinski definition) is 0. The van der Waals surface area contributed by atoms with Crippen molar-refractivity contribution in [3.8, 4) is 0 Å². The molecular formula is C17H25NO2. The molecule has 0 radical (unpaired) electrons. The summed E-state index contributed by atoms with van der Waals surface area (Å²) in [6, 6.07) is 8.28. The summed E-state index contributed by atoms with van der Waals surface area (Å²) in [6.07, 6.45) is 2.92. The number of fused-ring (bicyclic) bond motifs is 1. The van der Waals surface area contributed by atoms with E-state index < -0.39 is 0 Å². The predicted molar refractivity (Wildman–Crippen MR) is 82.0 cm³/mol. The lowest BCUT2D eigenvalue weighted by atomic mass is 9.92. The van der Waals surface area contributed by atoms with Gasteiger partial charge in [0.2, 0.25) is 0 Å². The summed E-state index contributed by atoms with van der Waals surface area (Å²) in [5.41, 5.74) is 2.55. The Hall–Kier alpha value is -1.51. The average molecular weight is 275 g/mol. The normalized spacial score (nSPS) is 19.4. The number of carbonyl (C=O) groups is 1. The summed E-state index contributed by atoms with van der Waals surface area (Å²) in [7, 11) is 0. The van der Waals surface area contributed by atoms with E-state index in [9.17, 15) is 4.79 Å².